The Bertz CT molecular complexity index is 957. The second-order valence-electron chi connectivity index (χ2n) is 5.80. The molecule has 2 aromatic carbocycles. The molecule has 128 valence electrons. The molecule has 0 atom stereocenters. The lowest BCUT2D eigenvalue weighted by atomic mass is 10.0. The van der Waals surface area contributed by atoms with Gasteiger partial charge in [-0.1, -0.05) is 30.3 Å². The zero-order valence-corrected chi connectivity index (χ0v) is 13.8. The Morgan fingerprint density at radius 2 is 1.92 bits per heavy atom. The molecule has 25 heavy (non-hydrogen) atoms. The van der Waals surface area contributed by atoms with E-state index in [1.807, 2.05) is 36.4 Å². The number of benzene rings is 2. The molecule has 5 nitrogen and oxygen atoms in total. The predicted molar refractivity (Wildman–Crippen MR) is 91.3 cm³/mol. The summed E-state index contributed by atoms with van der Waals surface area (Å²) in [5.74, 6) is -0.593. The van der Waals surface area contributed by atoms with Crippen LogP contribution in [0.15, 0.2) is 57.7 Å². The van der Waals surface area contributed by atoms with Crippen molar-refractivity contribution in [3.05, 3.63) is 75.6 Å². The van der Waals surface area contributed by atoms with E-state index in [2.05, 4.69) is 0 Å². The van der Waals surface area contributed by atoms with Crippen molar-refractivity contribution in [2.45, 2.75) is 26.4 Å². The van der Waals surface area contributed by atoms with Gasteiger partial charge in [0, 0.05) is 23.0 Å². The molecule has 0 unspecified atom stereocenters. The minimum Gasteiger partial charge on any atom is -0.550 e. The van der Waals surface area contributed by atoms with Crippen LogP contribution in [0.4, 0.5) is 0 Å². The number of hydrogen-bond acceptors (Lipinski definition) is 5. The number of carbonyl (C=O) groups excluding carboxylic acids is 1. The highest BCUT2D eigenvalue weighted by Gasteiger charge is 2.12. The first-order chi connectivity index (χ1) is 12.0. The van der Waals surface area contributed by atoms with E-state index in [1.165, 1.54) is 0 Å². The van der Waals surface area contributed by atoms with Gasteiger partial charge in [-0.25, -0.2) is 4.79 Å². The SMILES string of the molecule is Cc1c(CCC(=O)[O-])c(=O)oc2cc(OCc3ccccc3)ccc12. The van der Waals surface area contributed by atoms with Crippen LogP contribution in [0.3, 0.4) is 0 Å². The maximum absolute atomic E-state index is 12.1. The summed E-state index contributed by atoms with van der Waals surface area (Å²) >= 11 is 0. The van der Waals surface area contributed by atoms with Crippen LogP contribution < -0.4 is 15.5 Å². The molecule has 0 bridgehead atoms. The topological polar surface area (TPSA) is 79.6 Å². The maximum Gasteiger partial charge on any atom is 0.339 e. The van der Waals surface area contributed by atoms with Crippen molar-refractivity contribution in [1.82, 2.24) is 0 Å². The third-order valence-corrected chi connectivity index (χ3v) is 4.09. The monoisotopic (exact) mass is 337 g/mol. The first-order valence-corrected chi connectivity index (χ1v) is 7.97. The van der Waals surface area contributed by atoms with E-state index < -0.39 is 11.6 Å². The van der Waals surface area contributed by atoms with Crippen molar-refractivity contribution in [2.24, 2.45) is 0 Å². The predicted octanol–water partition coefficient (Wildman–Crippen LogP) is 2.36. The molecule has 0 aliphatic rings. The van der Waals surface area contributed by atoms with Gasteiger partial charge in [0.15, 0.2) is 0 Å². The molecule has 0 aliphatic heterocycles. The molecule has 3 rings (SSSR count). The third kappa shape index (κ3) is 3.88. The normalized spacial score (nSPS) is 10.8. The molecule has 0 fully saturated rings. The van der Waals surface area contributed by atoms with Crippen LogP contribution in [0.25, 0.3) is 11.0 Å². The highest BCUT2D eigenvalue weighted by Crippen LogP contribution is 2.25. The van der Waals surface area contributed by atoms with Crippen LogP contribution in [-0.4, -0.2) is 5.97 Å². The van der Waals surface area contributed by atoms with Crippen molar-refractivity contribution in [1.29, 1.82) is 0 Å². The average Bonchev–Trinajstić information content (AvgIpc) is 2.60. The van der Waals surface area contributed by atoms with Crippen LogP contribution in [0.1, 0.15) is 23.1 Å². The van der Waals surface area contributed by atoms with Crippen molar-refractivity contribution in [2.75, 3.05) is 0 Å². The lowest BCUT2D eigenvalue weighted by molar-refractivity contribution is -0.305. The van der Waals surface area contributed by atoms with E-state index in [4.69, 9.17) is 9.15 Å². The van der Waals surface area contributed by atoms with E-state index in [1.54, 1.807) is 19.1 Å². The molecule has 1 aromatic heterocycles. The summed E-state index contributed by atoms with van der Waals surface area (Å²) in [6, 6.07) is 15.1. The van der Waals surface area contributed by atoms with Gasteiger partial charge < -0.3 is 19.1 Å². The van der Waals surface area contributed by atoms with Gasteiger partial charge >= 0.3 is 5.63 Å². The minimum atomic E-state index is -1.19. The second-order valence-corrected chi connectivity index (χ2v) is 5.80. The number of aryl methyl sites for hydroxylation is 1. The van der Waals surface area contributed by atoms with Crippen molar-refractivity contribution >= 4 is 16.9 Å². The summed E-state index contributed by atoms with van der Waals surface area (Å²) < 4.78 is 11.1. The Kier molecular flexibility index (Phi) is 4.84. The van der Waals surface area contributed by atoms with E-state index in [0.717, 1.165) is 16.5 Å². The van der Waals surface area contributed by atoms with Gasteiger partial charge in [0.25, 0.3) is 0 Å². The Balaban J connectivity index is 1.87. The van der Waals surface area contributed by atoms with Crippen LogP contribution in [0.2, 0.25) is 0 Å². The number of carboxylic acid groups (broad SMARTS) is 1. The number of hydrogen-bond donors (Lipinski definition) is 0. The fourth-order valence-electron chi connectivity index (χ4n) is 2.72. The maximum atomic E-state index is 12.1. The summed E-state index contributed by atoms with van der Waals surface area (Å²) in [5, 5.41) is 11.4. The summed E-state index contributed by atoms with van der Waals surface area (Å²) in [4.78, 5) is 22.8. The van der Waals surface area contributed by atoms with Gasteiger partial charge in [0.2, 0.25) is 0 Å². The Labute approximate surface area is 144 Å². The number of fused-ring (bicyclic) bond motifs is 1. The highest BCUT2D eigenvalue weighted by molar-refractivity contribution is 5.82. The molecule has 0 saturated carbocycles. The summed E-state index contributed by atoms with van der Waals surface area (Å²) in [5.41, 5.74) is 2.03. The fraction of sp³-hybridized carbons (Fsp3) is 0.200. The number of ether oxygens (including phenoxy) is 1. The Morgan fingerprint density at radius 3 is 2.64 bits per heavy atom. The van der Waals surface area contributed by atoms with Gasteiger partial charge in [-0.3, -0.25) is 0 Å². The quantitative estimate of drug-likeness (QED) is 0.645. The zero-order chi connectivity index (χ0) is 17.8. The molecule has 3 aromatic rings. The van der Waals surface area contributed by atoms with Crippen LogP contribution in [0.5, 0.6) is 5.75 Å². The largest absolute Gasteiger partial charge is 0.550 e. The van der Waals surface area contributed by atoms with Gasteiger partial charge in [-0.05, 0) is 43.0 Å². The standard InChI is InChI=1S/C20H18O5/c1-13-16-8-7-15(24-12-14-5-3-2-4-6-14)11-18(16)25-20(23)17(13)9-10-19(21)22/h2-8,11H,9-10,12H2,1H3,(H,21,22)/p-1. The smallest absolute Gasteiger partial charge is 0.339 e. The van der Waals surface area contributed by atoms with Crippen molar-refractivity contribution in [3.8, 4) is 5.75 Å². The molecule has 0 aliphatic carbocycles. The second kappa shape index (κ2) is 7.21. The van der Waals surface area contributed by atoms with Gasteiger partial charge in [0.1, 0.15) is 17.9 Å². The molecule has 5 heteroatoms. The molecule has 0 N–H and O–H groups in total. The molecular formula is C20H17O5-. The third-order valence-electron chi connectivity index (χ3n) is 4.09. The van der Waals surface area contributed by atoms with Gasteiger partial charge in [0.05, 0.1) is 0 Å². The number of rotatable bonds is 6. The van der Waals surface area contributed by atoms with Gasteiger partial charge in [-0.2, -0.15) is 0 Å². The number of aliphatic carboxylic acids is 1. The van der Waals surface area contributed by atoms with E-state index >= 15 is 0 Å². The first-order valence-electron chi connectivity index (χ1n) is 7.97. The fourth-order valence-corrected chi connectivity index (χ4v) is 2.72. The van der Waals surface area contributed by atoms with Crippen LogP contribution in [-0.2, 0) is 17.8 Å². The lowest BCUT2D eigenvalue weighted by Gasteiger charge is -2.10. The zero-order valence-electron chi connectivity index (χ0n) is 13.8. The Morgan fingerprint density at radius 1 is 1.16 bits per heavy atom. The van der Waals surface area contributed by atoms with Crippen LogP contribution in [0, 0.1) is 6.92 Å². The molecule has 0 amide bonds. The highest BCUT2D eigenvalue weighted by atomic mass is 16.5. The average molecular weight is 337 g/mol. The molecule has 0 radical (unpaired) electrons. The molecule has 1 heterocycles. The summed E-state index contributed by atoms with van der Waals surface area (Å²) in [6.07, 6.45) is -0.117. The van der Waals surface area contributed by atoms with E-state index in [9.17, 15) is 14.7 Å². The first kappa shape index (κ1) is 16.8. The molecule has 0 spiro atoms. The van der Waals surface area contributed by atoms with E-state index in [0.29, 0.717) is 23.5 Å². The lowest BCUT2D eigenvalue weighted by Crippen LogP contribution is -2.24. The summed E-state index contributed by atoms with van der Waals surface area (Å²) in [7, 11) is 0. The Hall–Kier alpha value is -3.08. The molecular weight excluding hydrogens is 320 g/mol. The molecule has 0 saturated heterocycles. The number of carboxylic acids is 1. The van der Waals surface area contributed by atoms with Crippen molar-refractivity contribution in [3.63, 3.8) is 0 Å². The minimum absolute atomic E-state index is 0.0959. The van der Waals surface area contributed by atoms with E-state index in [-0.39, 0.29) is 12.8 Å². The number of carbonyl (C=O) groups is 1. The van der Waals surface area contributed by atoms with Gasteiger partial charge in [-0.15, -0.1) is 0 Å². The van der Waals surface area contributed by atoms with Crippen LogP contribution >= 0.6 is 0 Å². The van der Waals surface area contributed by atoms with Crippen molar-refractivity contribution < 1.29 is 19.1 Å². The summed E-state index contributed by atoms with van der Waals surface area (Å²) in [6.45, 7) is 2.20.